The lowest BCUT2D eigenvalue weighted by atomic mass is 10.2. The summed E-state index contributed by atoms with van der Waals surface area (Å²) in [6, 6.07) is 4.51. The van der Waals surface area contributed by atoms with Crippen molar-refractivity contribution in [2.24, 2.45) is 0 Å². The molecule has 1 aromatic rings. The lowest BCUT2D eigenvalue weighted by molar-refractivity contribution is 0.0692. The van der Waals surface area contributed by atoms with E-state index < -0.39 is 5.97 Å². The van der Waals surface area contributed by atoms with E-state index >= 15 is 0 Å². The first-order chi connectivity index (χ1) is 7.54. The minimum atomic E-state index is -1.09. The second-order valence-corrected chi connectivity index (χ2v) is 3.51. The number of benzene rings is 1. The van der Waals surface area contributed by atoms with Crippen LogP contribution in [0.3, 0.4) is 0 Å². The summed E-state index contributed by atoms with van der Waals surface area (Å²) >= 11 is 5.53. The fourth-order valence-corrected chi connectivity index (χ4v) is 1.14. The molecular weight excluding hydrogens is 232 g/mol. The first-order valence-corrected chi connectivity index (χ1v) is 4.79. The standard InChI is InChI=1S/C11H11ClO4/c1-7(12)6-16-10-4-3-8(15-2)5-9(10)11(13)14/h3-5H,1,6H2,2H3,(H,13,14). The molecule has 0 aliphatic heterocycles. The van der Waals surface area contributed by atoms with Gasteiger partial charge in [0.1, 0.15) is 23.7 Å². The van der Waals surface area contributed by atoms with Gasteiger partial charge in [0.15, 0.2) is 0 Å². The van der Waals surface area contributed by atoms with Crippen molar-refractivity contribution in [1.82, 2.24) is 0 Å². The predicted octanol–water partition coefficient (Wildman–Crippen LogP) is 2.52. The van der Waals surface area contributed by atoms with Gasteiger partial charge in [-0.3, -0.25) is 0 Å². The molecule has 1 aromatic carbocycles. The number of hydrogen-bond donors (Lipinski definition) is 1. The second-order valence-electron chi connectivity index (χ2n) is 2.97. The van der Waals surface area contributed by atoms with Gasteiger partial charge in [-0.15, -0.1) is 0 Å². The first-order valence-electron chi connectivity index (χ1n) is 4.42. The van der Waals surface area contributed by atoms with Crippen LogP contribution in [0.25, 0.3) is 0 Å². The van der Waals surface area contributed by atoms with Crippen LogP contribution in [0.5, 0.6) is 11.5 Å². The van der Waals surface area contributed by atoms with Gasteiger partial charge in [0.2, 0.25) is 0 Å². The topological polar surface area (TPSA) is 55.8 Å². The molecule has 0 aliphatic rings. The quantitative estimate of drug-likeness (QED) is 0.862. The van der Waals surface area contributed by atoms with Crippen molar-refractivity contribution in [1.29, 1.82) is 0 Å². The Hall–Kier alpha value is -1.68. The minimum Gasteiger partial charge on any atom is -0.497 e. The predicted molar refractivity (Wildman–Crippen MR) is 60.4 cm³/mol. The fourth-order valence-electron chi connectivity index (χ4n) is 1.09. The van der Waals surface area contributed by atoms with E-state index in [4.69, 9.17) is 26.2 Å². The Morgan fingerprint density at radius 3 is 2.75 bits per heavy atom. The molecule has 4 nitrogen and oxygen atoms in total. The number of hydrogen-bond acceptors (Lipinski definition) is 3. The summed E-state index contributed by atoms with van der Waals surface area (Å²) in [4.78, 5) is 10.9. The van der Waals surface area contributed by atoms with Crippen LogP contribution >= 0.6 is 11.6 Å². The summed E-state index contributed by atoms with van der Waals surface area (Å²) in [5, 5.41) is 9.26. The van der Waals surface area contributed by atoms with E-state index in [1.807, 2.05) is 0 Å². The molecule has 0 heterocycles. The zero-order valence-corrected chi connectivity index (χ0v) is 9.45. The molecule has 0 aromatic heterocycles. The summed E-state index contributed by atoms with van der Waals surface area (Å²) in [5.41, 5.74) is 0.0252. The summed E-state index contributed by atoms with van der Waals surface area (Å²) in [6.07, 6.45) is 0. The van der Waals surface area contributed by atoms with E-state index in [2.05, 4.69) is 6.58 Å². The van der Waals surface area contributed by atoms with Gasteiger partial charge < -0.3 is 14.6 Å². The number of carboxylic acids is 1. The highest BCUT2D eigenvalue weighted by molar-refractivity contribution is 6.29. The van der Waals surface area contributed by atoms with Gasteiger partial charge in [-0.1, -0.05) is 18.2 Å². The fraction of sp³-hybridized carbons (Fsp3) is 0.182. The number of methoxy groups -OCH3 is 1. The van der Waals surface area contributed by atoms with Crippen LogP contribution in [-0.2, 0) is 0 Å². The van der Waals surface area contributed by atoms with Gasteiger partial charge in [0.05, 0.1) is 7.11 Å². The lowest BCUT2D eigenvalue weighted by Gasteiger charge is -2.09. The van der Waals surface area contributed by atoms with Crippen LogP contribution < -0.4 is 9.47 Å². The monoisotopic (exact) mass is 242 g/mol. The largest absolute Gasteiger partial charge is 0.497 e. The van der Waals surface area contributed by atoms with Gasteiger partial charge in [0, 0.05) is 5.03 Å². The normalized spacial score (nSPS) is 9.62. The van der Waals surface area contributed by atoms with Gasteiger partial charge in [-0.2, -0.15) is 0 Å². The van der Waals surface area contributed by atoms with Gasteiger partial charge in [-0.05, 0) is 18.2 Å². The van der Waals surface area contributed by atoms with Crippen molar-refractivity contribution in [2.75, 3.05) is 13.7 Å². The molecule has 0 bridgehead atoms. The Labute approximate surface area is 98.1 Å². The van der Waals surface area contributed by atoms with E-state index in [0.29, 0.717) is 10.8 Å². The summed E-state index contributed by atoms with van der Waals surface area (Å²) < 4.78 is 10.1. The number of aromatic carboxylic acids is 1. The van der Waals surface area contributed by atoms with Gasteiger partial charge in [0.25, 0.3) is 0 Å². The highest BCUT2D eigenvalue weighted by Crippen LogP contribution is 2.24. The lowest BCUT2D eigenvalue weighted by Crippen LogP contribution is -2.04. The van der Waals surface area contributed by atoms with Crippen molar-refractivity contribution < 1.29 is 19.4 Å². The van der Waals surface area contributed by atoms with Crippen LogP contribution in [0.1, 0.15) is 10.4 Å². The molecule has 0 radical (unpaired) electrons. The number of carboxylic acid groups (broad SMARTS) is 1. The summed E-state index contributed by atoms with van der Waals surface area (Å²) in [6.45, 7) is 3.51. The molecule has 0 unspecified atom stereocenters. The maximum Gasteiger partial charge on any atom is 0.339 e. The maximum absolute atomic E-state index is 10.9. The number of carbonyl (C=O) groups is 1. The van der Waals surface area contributed by atoms with Crippen molar-refractivity contribution in [3.8, 4) is 11.5 Å². The van der Waals surface area contributed by atoms with E-state index in [9.17, 15) is 4.79 Å². The van der Waals surface area contributed by atoms with E-state index in [1.165, 1.54) is 19.2 Å². The molecule has 0 spiro atoms. The van der Waals surface area contributed by atoms with Crippen molar-refractivity contribution >= 4 is 17.6 Å². The zero-order chi connectivity index (χ0) is 12.1. The van der Waals surface area contributed by atoms with E-state index in [-0.39, 0.29) is 17.9 Å². The van der Waals surface area contributed by atoms with E-state index in [1.54, 1.807) is 6.07 Å². The third kappa shape index (κ3) is 3.17. The summed E-state index contributed by atoms with van der Waals surface area (Å²) in [7, 11) is 1.46. The Morgan fingerprint density at radius 1 is 1.56 bits per heavy atom. The van der Waals surface area contributed by atoms with Crippen molar-refractivity contribution in [3.63, 3.8) is 0 Å². The van der Waals surface area contributed by atoms with Crippen LogP contribution in [0.15, 0.2) is 29.8 Å². The maximum atomic E-state index is 10.9. The van der Waals surface area contributed by atoms with Crippen LogP contribution in [0, 0.1) is 0 Å². The average molecular weight is 243 g/mol. The highest BCUT2D eigenvalue weighted by Gasteiger charge is 2.12. The molecule has 1 N–H and O–H groups in total. The molecule has 0 fully saturated rings. The number of ether oxygens (including phenoxy) is 2. The third-order valence-electron chi connectivity index (χ3n) is 1.80. The molecular formula is C11H11ClO4. The van der Waals surface area contributed by atoms with E-state index in [0.717, 1.165) is 0 Å². The molecule has 0 aliphatic carbocycles. The van der Waals surface area contributed by atoms with Crippen molar-refractivity contribution in [2.45, 2.75) is 0 Å². The van der Waals surface area contributed by atoms with Gasteiger partial charge in [-0.25, -0.2) is 4.79 Å². The second kappa shape index (κ2) is 5.42. The number of rotatable bonds is 5. The Balaban J connectivity index is 2.98. The number of halogens is 1. The molecule has 0 amide bonds. The molecule has 16 heavy (non-hydrogen) atoms. The SMILES string of the molecule is C=C(Cl)COc1ccc(OC)cc1C(=O)O. The highest BCUT2D eigenvalue weighted by atomic mass is 35.5. The Bertz CT molecular complexity index is 414. The van der Waals surface area contributed by atoms with Gasteiger partial charge >= 0.3 is 5.97 Å². The smallest absolute Gasteiger partial charge is 0.339 e. The van der Waals surface area contributed by atoms with Crippen molar-refractivity contribution in [3.05, 3.63) is 35.4 Å². The van der Waals surface area contributed by atoms with Crippen LogP contribution in [-0.4, -0.2) is 24.8 Å². The average Bonchev–Trinajstić information content (AvgIpc) is 2.25. The first kappa shape index (κ1) is 12.4. The Morgan fingerprint density at radius 2 is 2.25 bits per heavy atom. The molecule has 86 valence electrons. The molecule has 0 saturated heterocycles. The zero-order valence-electron chi connectivity index (χ0n) is 8.70. The molecule has 0 atom stereocenters. The Kier molecular flexibility index (Phi) is 4.19. The summed E-state index contributed by atoms with van der Waals surface area (Å²) in [5.74, 6) is -0.404. The molecule has 0 saturated carbocycles. The minimum absolute atomic E-state index is 0.0252. The third-order valence-corrected chi connectivity index (χ3v) is 1.91. The molecule has 5 heteroatoms. The molecule has 1 rings (SSSR count). The van der Waals surface area contributed by atoms with Crippen LogP contribution in [0.2, 0.25) is 0 Å². The van der Waals surface area contributed by atoms with Crippen LogP contribution in [0.4, 0.5) is 0 Å².